The minimum Gasteiger partial charge on any atom is -0.354 e. The van der Waals surface area contributed by atoms with Crippen LogP contribution in [-0.2, 0) is 16.1 Å². The van der Waals surface area contributed by atoms with Gasteiger partial charge in [-0.05, 0) is 49.4 Å². The van der Waals surface area contributed by atoms with E-state index in [0.717, 1.165) is 16.0 Å². The Morgan fingerprint density at radius 1 is 1.03 bits per heavy atom. The third-order valence-electron chi connectivity index (χ3n) is 5.28. The predicted octanol–water partition coefficient (Wildman–Crippen LogP) is 5.37. The van der Waals surface area contributed by atoms with Crippen LogP contribution in [0.3, 0.4) is 0 Å². The number of aryl methyl sites for hydroxylation is 2. The summed E-state index contributed by atoms with van der Waals surface area (Å²) in [6, 6.07) is 15.9. The van der Waals surface area contributed by atoms with E-state index >= 15 is 0 Å². The molecule has 2 amide bonds. The first-order chi connectivity index (χ1) is 14.8. The maximum atomic E-state index is 13.3. The molecule has 168 valence electrons. The molecule has 1 N–H and O–H groups in total. The highest BCUT2D eigenvalue weighted by Gasteiger charge is 2.28. The Kier molecular flexibility index (Phi) is 10.1. The molecule has 2 aromatic rings. The molecule has 1 atom stereocenters. The van der Waals surface area contributed by atoms with Gasteiger partial charge in [-0.3, -0.25) is 9.59 Å². The first-order valence-electron chi connectivity index (χ1n) is 11.1. The Labute approximate surface area is 191 Å². The molecule has 0 radical (unpaired) electrons. The molecule has 0 saturated heterocycles. The van der Waals surface area contributed by atoms with Crippen molar-refractivity contribution in [3.8, 4) is 0 Å². The van der Waals surface area contributed by atoms with Gasteiger partial charge in [0.15, 0.2) is 0 Å². The Balaban J connectivity index is 2.12. The van der Waals surface area contributed by atoms with Crippen LogP contribution >= 0.6 is 11.8 Å². The highest BCUT2D eigenvalue weighted by Crippen LogP contribution is 2.21. The van der Waals surface area contributed by atoms with E-state index in [1.807, 2.05) is 38.1 Å². The fraction of sp³-hybridized carbons (Fsp3) is 0.462. The summed E-state index contributed by atoms with van der Waals surface area (Å²) in [6.07, 6.45) is 0.991. The molecule has 1 unspecified atom stereocenters. The first-order valence-corrected chi connectivity index (χ1v) is 12.1. The van der Waals surface area contributed by atoms with E-state index in [-0.39, 0.29) is 11.8 Å². The van der Waals surface area contributed by atoms with Crippen molar-refractivity contribution < 1.29 is 9.59 Å². The molecule has 0 heterocycles. The standard InChI is InChI=1S/C26H36N2O2S/c1-6-24(26(30)27-17-19(2)3)28(18-22-10-8-7-9-21(22)5)25(29)15-16-31-23-13-11-20(4)12-14-23/h7-14,19,24H,6,15-18H2,1-5H3,(H,27,30). The Hall–Kier alpha value is -2.27. The third kappa shape index (κ3) is 8.06. The van der Waals surface area contributed by atoms with E-state index in [9.17, 15) is 9.59 Å². The quantitative estimate of drug-likeness (QED) is 0.478. The van der Waals surface area contributed by atoms with Crippen molar-refractivity contribution in [2.24, 2.45) is 5.92 Å². The van der Waals surface area contributed by atoms with Crippen molar-refractivity contribution in [2.45, 2.75) is 64.9 Å². The fourth-order valence-corrected chi connectivity index (χ4v) is 4.19. The topological polar surface area (TPSA) is 49.4 Å². The number of hydrogen-bond donors (Lipinski definition) is 1. The van der Waals surface area contributed by atoms with Crippen LogP contribution in [0.1, 0.15) is 50.3 Å². The molecule has 4 nitrogen and oxygen atoms in total. The number of benzene rings is 2. The van der Waals surface area contributed by atoms with Crippen LogP contribution in [0.5, 0.6) is 0 Å². The molecule has 0 aliphatic heterocycles. The van der Waals surface area contributed by atoms with Crippen LogP contribution in [-0.4, -0.2) is 35.1 Å². The maximum absolute atomic E-state index is 13.3. The Bertz CT molecular complexity index is 849. The van der Waals surface area contributed by atoms with Crippen molar-refractivity contribution >= 4 is 23.6 Å². The molecule has 0 aromatic heterocycles. The number of carbonyl (C=O) groups excluding carboxylic acids is 2. The molecule has 0 fully saturated rings. The second kappa shape index (κ2) is 12.6. The summed E-state index contributed by atoms with van der Waals surface area (Å²) in [6.45, 7) is 11.3. The molecule has 0 bridgehead atoms. The fourth-order valence-electron chi connectivity index (χ4n) is 3.35. The van der Waals surface area contributed by atoms with Gasteiger partial charge in [-0.25, -0.2) is 0 Å². The normalized spacial score (nSPS) is 11.9. The average molecular weight is 441 g/mol. The summed E-state index contributed by atoms with van der Waals surface area (Å²) in [5, 5.41) is 3.02. The number of thioether (sulfide) groups is 1. The summed E-state index contributed by atoms with van der Waals surface area (Å²) in [7, 11) is 0. The van der Waals surface area contributed by atoms with Crippen LogP contribution in [0.15, 0.2) is 53.4 Å². The predicted molar refractivity (Wildman–Crippen MR) is 130 cm³/mol. The maximum Gasteiger partial charge on any atom is 0.242 e. The van der Waals surface area contributed by atoms with E-state index in [1.165, 1.54) is 5.56 Å². The van der Waals surface area contributed by atoms with Gasteiger partial charge in [-0.1, -0.05) is 62.7 Å². The smallest absolute Gasteiger partial charge is 0.242 e. The SMILES string of the molecule is CCC(C(=O)NCC(C)C)N(Cc1ccccc1C)C(=O)CCSc1ccc(C)cc1. The summed E-state index contributed by atoms with van der Waals surface area (Å²) in [4.78, 5) is 29.1. The molecule has 0 saturated carbocycles. The summed E-state index contributed by atoms with van der Waals surface area (Å²) < 4.78 is 0. The number of carbonyl (C=O) groups is 2. The van der Waals surface area contributed by atoms with Crippen LogP contribution < -0.4 is 5.32 Å². The molecule has 0 spiro atoms. The van der Waals surface area contributed by atoms with Crippen molar-refractivity contribution in [1.29, 1.82) is 0 Å². The van der Waals surface area contributed by atoms with Gasteiger partial charge < -0.3 is 10.2 Å². The van der Waals surface area contributed by atoms with Crippen molar-refractivity contribution in [3.63, 3.8) is 0 Å². The van der Waals surface area contributed by atoms with Gasteiger partial charge >= 0.3 is 0 Å². The largest absolute Gasteiger partial charge is 0.354 e. The number of hydrogen-bond acceptors (Lipinski definition) is 3. The molecule has 2 aromatic carbocycles. The highest BCUT2D eigenvalue weighted by molar-refractivity contribution is 7.99. The highest BCUT2D eigenvalue weighted by atomic mass is 32.2. The van der Waals surface area contributed by atoms with E-state index in [1.54, 1.807) is 16.7 Å². The lowest BCUT2D eigenvalue weighted by Gasteiger charge is -2.31. The van der Waals surface area contributed by atoms with E-state index in [4.69, 9.17) is 0 Å². The molecule has 0 aliphatic carbocycles. The van der Waals surface area contributed by atoms with Gasteiger partial charge in [-0.15, -0.1) is 11.8 Å². The van der Waals surface area contributed by atoms with Gasteiger partial charge in [0.1, 0.15) is 6.04 Å². The Morgan fingerprint density at radius 3 is 2.32 bits per heavy atom. The second-order valence-electron chi connectivity index (χ2n) is 8.42. The molecular formula is C26H36N2O2S. The van der Waals surface area contributed by atoms with E-state index in [2.05, 4.69) is 50.4 Å². The third-order valence-corrected chi connectivity index (χ3v) is 6.29. The van der Waals surface area contributed by atoms with Gasteiger partial charge in [0.25, 0.3) is 0 Å². The zero-order valence-electron chi connectivity index (χ0n) is 19.5. The zero-order chi connectivity index (χ0) is 22.8. The Morgan fingerprint density at radius 2 is 1.71 bits per heavy atom. The first kappa shape index (κ1) is 25.0. The van der Waals surface area contributed by atoms with E-state index in [0.29, 0.717) is 37.6 Å². The molecule has 5 heteroatoms. The second-order valence-corrected chi connectivity index (χ2v) is 9.59. The van der Waals surface area contributed by atoms with E-state index < -0.39 is 6.04 Å². The lowest BCUT2D eigenvalue weighted by Crippen LogP contribution is -2.49. The minimum atomic E-state index is -0.463. The van der Waals surface area contributed by atoms with Crippen LogP contribution in [0.4, 0.5) is 0 Å². The lowest BCUT2D eigenvalue weighted by molar-refractivity contribution is -0.141. The van der Waals surface area contributed by atoms with Crippen molar-refractivity contribution in [2.75, 3.05) is 12.3 Å². The van der Waals surface area contributed by atoms with Crippen LogP contribution in [0, 0.1) is 19.8 Å². The summed E-state index contributed by atoms with van der Waals surface area (Å²) in [5.41, 5.74) is 3.44. The molecule has 0 aliphatic rings. The average Bonchev–Trinajstić information content (AvgIpc) is 2.74. The zero-order valence-corrected chi connectivity index (χ0v) is 20.3. The lowest BCUT2D eigenvalue weighted by atomic mass is 10.1. The number of nitrogens with zero attached hydrogens (tertiary/aromatic N) is 1. The van der Waals surface area contributed by atoms with Crippen molar-refractivity contribution in [1.82, 2.24) is 10.2 Å². The van der Waals surface area contributed by atoms with Crippen LogP contribution in [0.25, 0.3) is 0 Å². The van der Waals surface area contributed by atoms with Crippen LogP contribution in [0.2, 0.25) is 0 Å². The number of amides is 2. The van der Waals surface area contributed by atoms with Gasteiger partial charge in [0.05, 0.1) is 0 Å². The number of rotatable bonds is 11. The minimum absolute atomic E-state index is 0.0226. The molecule has 2 rings (SSSR count). The van der Waals surface area contributed by atoms with Gasteiger partial charge in [0.2, 0.25) is 11.8 Å². The summed E-state index contributed by atoms with van der Waals surface area (Å²) >= 11 is 1.68. The van der Waals surface area contributed by atoms with Gasteiger partial charge in [0, 0.05) is 30.2 Å². The van der Waals surface area contributed by atoms with Crippen molar-refractivity contribution in [3.05, 3.63) is 65.2 Å². The monoisotopic (exact) mass is 440 g/mol. The van der Waals surface area contributed by atoms with Gasteiger partial charge in [-0.2, -0.15) is 0 Å². The summed E-state index contributed by atoms with van der Waals surface area (Å²) in [5.74, 6) is 1.02. The molecule has 31 heavy (non-hydrogen) atoms. The number of nitrogens with one attached hydrogen (secondary N) is 1. The molecular weight excluding hydrogens is 404 g/mol.